The van der Waals surface area contributed by atoms with E-state index >= 15 is 0 Å². The summed E-state index contributed by atoms with van der Waals surface area (Å²) in [4.78, 5) is 49.6. The number of esters is 2. The number of fused-ring (bicyclic) bond motifs is 1. The molecule has 2 amide bonds. The normalized spacial score (nSPS) is 15.7. The molecule has 1 aliphatic rings. The van der Waals surface area contributed by atoms with Crippen LogP contribution in [-0.2, 0) is 25.6 Å². The first-order chi connectivity index (χ1) is 16.0. The molecule has 1 unspecified atom stereocenters. The molecule has 0 spiro atoms. The first-order valence-electron chi connectivity index (χ1n) is 10.2. The summed E-state index contributed by atoms with van der Waals surface area (Å²) in [7, 11) is 0. The Hall–Kier alpha value is -4.34. The van der Waals surface area contributed by atoms with Crippen LogP contribution in [-0.4, -0.2) is 35.8 Å². The Morgan fingerprint density at radius 2 is 1.76 bits per heavy atom. The molecule has 33 heavy (non-hydrogen) atoms. The molecular formula is C23H21N3O7. The Bertz CT molecular complexity index is 1290. The van der Waals surface area contributed by atoms with Crippen molar-refractivity contribution in [2.45, 2.75) is 19.5 Å². The topological polar surface area (TPSA) is 129 Å². The van der Waals surface area contributed by atoms with Crippen LogP contribution in [0.4, 0.5) is 4.79 Å². The van der Waals surface area contributed by atoms with Crippen LogP contribution in [0.3, 0.4) is 0 Å². The zero-order valence-corrected chi connectivity index (χ0v) is 17.7. The molecular weight excluding hydrogens is 430 g/mol. The van der Waals surface area contributed by atoms with E-state index in [4.69, 9.17) is 13.9 Å². The molecule has 170 valence electrons. The number of hydrogen-bond donors (Lipinski definition) is 2. The highest BCUT2D eigenvalue weighted by Crippen LogP contribution is 2.27. The van der Waals surface area contributed by atoms with Gasteiger partial charge in [0.25, 0.3) is 0 Å². The van der Waals surface area contributed by atoms with E-state index in [0.29, 0.717) is 16.7 Å². The Kier molecular flexibility index (Phi) is 6.25. The molecule has 10 nitrogen and oxygen atoms in total. The molecule has 0 saturated heterocycles. The minimum Gasteiger partial charge on any atom is -0.463 e. The van der Waals surface area contributed by atoms with Crippen LogP contribution < -0.4 is 16.4 Å². The zero-order valence-electron chi connectivity index (χ0n) is 17.7. The van der Waals surface area contributed by atoms with E-state index in [0.717, 1.165) is 4.57 Å². The highest BCUT2D eigenvalue weighted by molar-refractivity contribution is 5.95. The second kappa shape index (κ2) is 9.43. The van der Waals surface area contributed by atoms with Gasteiger partial charge in [0, 0.05) is 0 Å². The molecule has 2 aromatic carbocycles. The second-order valence-corrected chi connectivity index (χ2v) is 7.14. The number of para-hydroxylation sites is 2. The lowest BCUT2D eigenvalue weighted by molar-refractivity contribution is -0.144. The summed E-state index contributed by atoms with van der Waals surface area (Å²) in [5.74, 6) is -2.09. The maximum absolute atomic E-state index is 12.7. The Balaban J connectivity index is 1.58. The summed E-state index contributed by atoms with van der Waals surface area (Å²) in [6, 6.07) is 14.2. The maximum atomic E-state index is 12.7. The van der Waals surface area contributed by atoms with E-state index in [1.165, 1.54) is 0 Å². The number of aromatic nitrogens is 1. The maximum Gasteiger partial charge on any atom is 0.420 e. The highest BCUT2D eigenvalue weighted by atomic mass is 16.5. The van der Waals surface area contributed by atoms with Crippen LogP contribution in [0.2, 0.25) is 0 Å². The number of benzene rings is 2. The van der Waals surface area contributed by atoms with Crippen molar-refractivity contribution in [3.8, 4) is 0 Å². The van der Waals surface area contributed by atoms with Gasteiger partial charge in [-0.1, -0.05) is 42.5 Å². The minimum absolute atomic E-state index is 0.101. The molecule has 3 aromatic rings. The van der Waals surface area contributed by atoms with Gasteiger partial charge < -0.3 is 24.5 Å². The number of amides is 2. The van der Waals surface area contributed by atoms with E-state index in [1.54, 1.807) is 55.5 Å². The van der Waals surface area contributed by atoms with E-state index in [2.05, 4.69) is 10.6 Å². The fourth-order valence-electron chi connectivity index (χ4n) is 3.57. The van der Waals surface area contributed by atoms with E-state index in [9.17, 15) is 19.2 Å². The number of carbonyl (C=O) groups is 3. The van der Waals surface area contributed by atoms with Crippen LogP contribution in [0.5, 0.6) is 0 Å². The van der Waals surface area contributed by atoms with Crippen molar-refractivity contribution in [3.63, 3.8) is 0 Å². The summed E-state index contributed by atoms with van der Waals surface area (Å²) in [5.41, 5.74) is 1.69. The van der Waals surface area contributed by atoms with Gasteiger partial charge in [-0.25, -0.2) is 14.4 Å². The van der Waals surface area contributed by atoms with E-state index < -0.39 is 42.9 Å². The summed E-state index contributed by atoms with van der Waals surface area (Å²) >= 11 is 0. The van der Waals surface area contributed by atoms with Crippen molar-refractivity contribution < 1.29 is 28.3 Å². The van der Waals surface area contributed by atoms with Crippen molar-refractivity contribution >= 4 is 29.1 Å². The molecule has 0 bridgehead atoms. The monoisotopic (exact) mass is 451 g/mol. The van der Waals surface area contributed by atoms with Gasteiger partial charge in [-0.15, -0.1) is 0 Å². The number of nitrogens with zero attached hydrogens (tertiary/aromatic N) is 1. The van der Waals surface area contributed by atoms with Crippen molar-refractivity contribution in [1.82, 2.24) is 15.2 Å². The Labute approximate surface area is 187 Å². The van der Waals surface area contributed by atoms with Crippen LogP contribution in [0.25, 0.3) is 11.1 Å². The van der Waals surface area contributed by atoms with Crippen molar-refractivity contribution in [1.29, 1.82) is 0 Å². The molecule has 4 rings (SSSR count). The van der Waals surface area contributed by atoms with Crippen LogP contribution in [0, 0.1) is 0 Å². The van der Waals surface area contributed by atoms with Crippen molar-refractivity contribution in [2.75, 3.05) is 13.2 Å². The van der Waals surface area contributed by atoms with Gasteiger partial charge in [-0.05, 0) is 24.6 Å². The molecule has 0 fully saturated rings. The smallest absolute Gasteiger partial charge is 0.420 e. The molecule has 2 N–H and O–H groups in total. The SMILES string of the molecule is CCOC(=O)C1=C(COC(=O)Cn2c(=O)oc3ccccc32)NC(=O)NC1c1ccccc1. The third-order valence-electron chi connectivity index (χ3n) is 5.02. The first kappa shape index (κ1) is 21.9. The number of hydrogen-bond acceptors (Lipinski definition) is 7. The number of rotatable bonds is 7. The highest BCUT2D eigenvalue weighted by Gasteiger charge is 2.34. The molecule has 1 aliphatic heterocycles. The largest absolute Gasteiger partial charge is 0.463 e. The lowest BCUT2D eigenvalue weighted by Gasteiger charge is -2.29. The van der Waals surface area contributed by atoms with E-state index in [-0.39, 0.29) is 17.9 Å². The number of ether oxygens (including phenoxy) is 2. The van der Waals surface area contributed by atoms with Gasteiger partial charge in [0.05, 0.1) is 29.4 Å². The third-order valence-corrected chi connectivity index (χ3v) is 5.02. The molecule has 0 saturated carbocycles. The van der Waals surface area contributed by atoms with Gasteiger partial charge in [-0.3, -0.25) is 9.36 Å². The van der Waals surface area contributed by atoms with Gasteiger partial charge in [0.2, 0.25) is 0 Å². The number of oxazole rings is 1. The van der Waals surface area contributed by atoms with Crippen LogP contribution >= 0.6 is 0 Å². The summed E-state index contributed by atoms with van der Waals surface area (Å²) in [6.45, 7) is 0.999. The molecule has 2 heterocycles. The zero-order chi connectivity index (χ0) is 23.4. The first-order valence-corrected chi connectivity index (χ1v) is 10.2. The van der Waals surface area contributed by atoms with Crippen molar-refractivity contribution in [2.24, 2.45) is 0 Å². The minimum atomic E-state index is -0.784. The number of carbonyl (C=O) groups excluding carboxylic acids is 3. The van der Waals surface area contributed by atoms with Gasteiger partial charge >= 0.3 is 23.7 Å². The fraction of sp³-hybridized carbons (Fsp3) is 0.217. The van der Waals surface area contributed by atoms with Crippen LogP contribution in [0.15, 0.2) is 75.1 Å². The van der Waals surface area contributed by atoms with Crippen LogP contribution in [0.1, 0.15) is 18.5 Å². The predicted molar refractivity (Wildman–Crippen MR) is 116 cm³/mol. The molecule has 0 radical (unpaired) electrons. The molecule has 1 atom stereocenters. The average molecular weight is 451 g/mol. The summed E-state index contributed by atoms with van der Waals surface area (Å²) < 4.78 is 16.7. The average Bonchev–Trinajstić information content (AvgIpc) is 3.13. The van der Waals surface area contributed by atoms with Gasteiger partial charge in [0.15, 0.2) is 5.58 Å². The van der Waals surface area contributed by atoms with Crippen molar-refractivity contribution in [3.05, 3.63) is 82.0 Å². The third kappa shape index (κ3) is 4.64. The number of nitrogens with one attached hydrogen (secondary N) is 2. The van der Waals surface area contributed by atoms with Gasteiger partial charge in [0.1, 0.15) is 13.2 Å². The molecule has 1 aromatic heterocycles. The summed E-state index contributed by atoms with van der Waals surface area (Å²) in [5, 5.41) is 5.22. The fourth-order valence-corrected chi connectivity index (χ4v) is 3.57. The standard InChI is InChI=1S/C23H21N3O7/c1-2-31-21(28)19-15(24-22(29)25-20(19)14-8-4-3-5-9-14)13-32-18(27)12-26-16-10-6-7-11-17(16)33-23(26)30/h3-11,20H,2,12-13H2,1H3,(H2,24,25,29). The second-order valence-electron chi connectivity index (χ2n) is 7.14. The van der Waals surface area contributed by atoms with Gasteiger partial charge in [-0.2, -0.15) is 0 Å². The Morgan fingerprint density at radius 1 is 1.03 bits per heavy atom. The summed E-state index contributed by atoms with van der Waals surface area (Å²) in [6.07, 6.45) is 0. The lowest BCUT2D eigenvalue weighted by Crippen LogP contribution is -2.47. The Morgan fingerprint density at radius 3 is 2.52 bits per heavy atom. The number of urea groups is 1. The quantitative estimate of drug-likeness (QED) is 0.526. The van der Waals surface area contributed by atoms with E-state index in [1.807, 2.05) is 6.07 Å². The molecule has 10 heteroatoms. The predicted octanol–water partition coefficient (Wildman–Crippen LogP) is 2.01. The molecule has 0 aliphatic carbocycles. The lowest BCUT2D eigenvalue weighted by atomic mass is 9.95.